The molecular weight excluding hydrogens is 323 g/mol. The van der Waals surface area contributed by atoms with Crippen molar-refractivity contribution in [1.82, 2.24) is 4.98 Å². The van der Waals surface area contributed by atoms with Crippen molar-refractivity contribution in [2.24, 2.45) is 0 Å². The first-order valence-electron chi connectivity index (χ1n) is 8.90. The van der Waals surface area contributed by atoms with Gasteiger partial charge in [-0.25, -0.2) is 9.37 Å². The van der Waals surface area contributed by atoms with E-state index in [0.29, 0.717) is 12.2 Å². The Labute approximate surface area is 146 Å². The maximum absolute atomic E-state index is 13.0. The number of hydrogen-bond donors (Lipinski definition) is 0. The van der Waals surface area contributed by atoms with E-state index >= 15 is 0 Å². The fourth-order valence-electron chi connectivity index (χ4n) is 3.64. The summed E-state index contributed by atoms with van der Waals surface area (Å²) in [5, 5.41) is 3.12. The molecule has 0 N–H and O–H groups in total. The van der Waals surface area contributed by atoms with Crippen LogP contribution in [0, 0.1) is 5.82 Å². The number of aromatic nitrogens is 1. The van der Waals surface area contributed by atoms with Gasteiger partial charge in [-0.2, -0.15) is 0 Å². The molecule has 2 aliphatic rings. The maximum atomic E-state index is 13.0. The molecule has 2 fully saturated rings. The summed E-state index contributed by atoms with van der Waals surface area (Å²) in [7, 11) is 0. The third kappa shape index (κ3) is 3.62. The molecule has 1 aromatic heterocycles. The second-order valence-electron chi connectivity index (χ2n) is 6.75. The third-order valence-corrected chi connectivity index (χ3v) is 5.93. The quantitative estimate of drug-likeness (QED) is 0.789. The molecule has 2 heterocycles. The van der Waals surface area contributed by atoms with Crippen molar-refractivity contribution in [3.63, 3.8) is 0 Å². The summed E-state index contributed by atoms with van der Waals surface area (Å²) in [6.07, 6.45) is 8.24. The molecule has 0 amide bonds. The van der Waals surface area contributed by atoms with Crippen LogP contribution in [0.5, 0.6) is 0 Å². The van der Waals surface area contributed by atoms with Crippen molar-refractivity contribution < 1.29 is 9.13 Å². The second kappa shape index (κ2) is 7.19. The molecule has 0 atom stereocenters. The minimum absolute atomic E-state index is 0.210. The monoisotopic (exact) mass is 346 g/mol. The van der Waals surface area contributed by atoms with Gasteiger partial charge in [0.25, 0.3) is 0 Å². The van der Waals surface area contributed by atoms with Crippen molar-refractivity contribution in [2.45, 2.75) is 50.7 Å². The fourth-order valence-corrected chi connectivity index (χ4v) is 4.53. The molecule has 3 nitrogen and oxygen atoms in total. The Morgan fingerprint density at radius 2 is 1.67 bits per heavy atom. The van der Waals surface area contributed by atoms with Crippen LogP contribution in [-0.4, -0.2) is 30.3 Å². The van der Waals surface area contributed by atoms with Gasteiger partial charge >= 0.3 is 0 Å². The van der Waals surface area contributed by atoms with Gasteiger partial charge in [0.2, 0.25) is 0 Å². The lowest BCUT2D eigenvalue weighted by molar-refractivity contribution is -0.0194. The van der Waals surface area contributed by atoms with Gasteiger partial charge in [-0.05, 0) is 49.9 Å². The van der Waals surface area contributed by atoms with Crippen LogP contribution in [-0.2, 0) is 4.74 Å². The van der Waals surface area contributed by atoms with Crippen molar-refractivity contribution in [3.05, 3.63) is 35.5 Å². The molecule has 2 aromatic rings. The molecule has 4 rings (SSSR count). The number of thiazole rings is 1. The van der Waals surface area contributed by atoms with Gasteiger partial charge < -0.3 is 9.64 Å². The molecule has 1 saturated heterocycles. The van der Waals surface area contributed by atoms with Crippen LogP contribution in [0.25, 0.3) is 11.3 Å². The van der Waals surface area contributed by atoms with Crippen molar-refractivity contribution >= 4 is 16.5 Å². The van der Waals surface area contributed by atoms with Crippen LogP contribution >= 0.6 is 11.3 Å². The van der Waals surface area contributed by atoms with Gasteiger partial charge in [-0.3, -0.25) is 0 Å². The molecule has 1 aromatic carbocycles. The highest BCUT2D eigenvalue weighted by molar-refractivity contribution is 7.14. The van der Waals surface area contributed by atoms with Gasteiger partial charge in [0.15, 0.2) is 5.13 Å². The molecule has 0 unspecified atom stereocenters. The van der Waals surface area contributed by atoms with Crippen molar-refractivity contribution in [1.29, 1.82) is 0 Å². The third-order valence-electron chi connectivity index (χ3n) is 5.03. The minimum atomic E-state index is -0.210. The topological polar surface area (TPSA) is 25.4 Å². The molecule has 1 aliphatic heterocycles. The van der Waals surface area contributed by atoms with Crippen LogP contribution in [0.4, 0.5) is 9.52 Å². The number of rotatable bonds is 4. The van der Waals surface area contributed by atoms with E-state index in [4.69, 9.17) is 9.72 Å². The van der Waals surface area contributed by atoms with E-state index in [-0.39, 0.29) is 5.82 Å². The summed E-state index contributed by atoms with van der Waals surface area (Å²) in [6, 6.07) is 6.55. The lowest BCUT2D eigenvalue weighted by Gasteiger charge is -2.33. The van der Waals surface area contributed by atoms with Crippen LogP contribution < -0.4 is 4.90 Å². The number of benzene rings is 1. The standard InChI is InChI=1S/C19H23FN2OS/c20-15-7-5-14(6-8-15)18-13-24-19(21-18)22-11-9-17(10-12-22)23-16-3-1-2-4-16/h5-8,13,16-17H,1-4,9-12H2. The number of nitrogens with zero attached hydrogens (tertiary/aromatic N) is 2. The Hall–Kier alpha value is -1.46. The first kappa shape index (κ1) is 16.0. The first-order valence-corrected chi connectivity index (χ1v) is 9.78. The average Bonchev–Trinajstić information content (AvgIpc) is 3.28. The Morgan fingerprint density at radius 1 is 1.00 bits per heavy atom. The molecule has 128 valence electrons. The Bertz CT molecular complexity index is 658. The van der Waals surface area contributed by atoms with E-state index in [9.17, 15) is 4.39 Å². The number of ether oxygens (including phenoxy) is 1. The van der Waals surface area contributed by atoms with E-state index in [1.165, 1.54) is 37.8 Å². The predicted molar refractivity (Wildman–Crippen MR) is 96.1 cm³/mol. The highest BCUT2D eigenvalue weighted by atomic mass is 32.1. The van der Waals surface area contributed by atoms with Crippen molar-refractivity contribution in [3.8, 4) is 11.3 Å². The second-order valence-corrected chi connectivity index (χ2v) is 7.59. The molecule has 1 saturated carbocycles. The average molecular weight is 346 g/mol. The zero-order chi connectivity index (χ0) is 16.4. The van der Waals surface area contributed by atoms with Crippen LogP contribution in [0.3, 0.4) is 0 Å². The van der Waals surface area contributed by atoms with Gasteiger partial charge in [0, 0.05) is 24.0 Å². The SMILES string of the molecule is Fc1ccc(-c2csc(N3CCC(OC4CCCC4)CC3)n2)cc1. The molecule has 1 aliphatic carbocycles. The van der Waals surface area contributed by atoms with E-state index in [1.54, 1.807) is 23.5 Å². The van der Waals surface area contributed by atoms with Crippen molar-refractivity contribution in [2.75, 3.05) is 18.0 Å². The highest BCUT2D eigenvalue weighted by Crippen LogP contribution is 2.31. The Morgan fingerprint density at radius 3 is 2.38 bits per heavy atom. The van der Waals surface area contributed by atoms with Crippen LogP contribution in [0.2, 0.25) is 0 Å². The summed E-state index contributed by atoms with van der Waals surface area (Å²) in [6.45, 7) is 2.02. The highest BCUT2D eigenvalue weighted by Gasteiger charge is 2.25. The zero-order valence-electron chi connectivity index (χ0n) is 13.8. The van der Waals surface area contributed by atoms with Gasteiger partial charge in [0.1, 0.15) is 5.82 Å². The molecule has 5 heteroatoms. The maximum Gasteiger partial charge on any atom is 0.185 e. The lowest BCUT2D eigenvalue weighted by atomic mass is 10.1. The number of anilines is 1. The summed E-state index contributed by atoms with van der Waals surface area (Å²) in [5.41, 5.74) is 1.90. The largest absolute Gasteiger partial charge is 0.375 e. The summed E-state index contributed by atoms with van der Waals surface area (Å²) < 4.78 is 19.3. The molecule has 0 radical (unpaired) electrons. The summed E-state index contributed by atoms with van der Waals surface area (Å²) in [5.74, 6) is -0.210. The van der Waals surface area contributed by atoms with E-state index in [0.717, 1.165) is 42.3 Å². The normalized spacial score (nSPS) is 20.0. The summed E-state index contributed by atoms with van der Waals surface area (Å²) >= 11 is 1.67. The zero-order valence-corrected chi connectivity index (χ0v) is 14.6. The van der Waals surface area contributed by atoms with Gasteiger partial charge in [0.05, 0.1) is 17.9 Å². The Kier molecular flexibility index (Phi) is 4.81. The predicted octanol–water partition coefficient (Wildman–Crippen LogP) is 4.88. The van der Waals surface area contributed by atoms with Crippen LogP contribution in [0.15, 0.2) is 29.6 Å². The Balaban J connectivity index is 1.35. The van der Waals surface area contributed by atoms with E-state index < -0.39 is 0 Å². The number of hydrogen-bond acceptors (Lipinski definition) is 4. The summed E-state index contributed by atoms with van der Waals surface area (Å²) in [4.78, 5) is 7.10. The van der Waals surface area contributed by atoms with Crippen LogP contribution in [0.1, 0.15) is 38.5 Å². The van der Waals surface area contributed by atoms with Gasteiger partial charge in [-0.15, -0.1) is 11.3 Å². The first-order chi connectivity index (χ1) is 11.8. The van der Waals surface area contributed by atoms with E-state index in [1.807, 2.05) is 0 Å². The smallest absolute Gasteiger partial charge is 0.185 e. The fraction of sp³-hybridized carbons (Fsp3) is 0.526. The van der Waals surface area contributed by atoms with E-state index in [2.05, 4.69) is 10.3 Å². The lowest BCUT2D eigenvalue weighted by Crippen LogP contribution is -2.38. The molecule has 0 bridgehead atoms. The van der Waals surface area contributed by atoms with Gasteiger partial charge in [-0.1, -0.05) is 12.8 Å². The number of halogens is 1. The minimum Gasteiger partial charge on any atom is -0.375 e. The molecular formula is C19H23FN2OS. The molecule has 0 spiro atoms. The number of piperidine rings is 1. The molecule has 24 heavy (non-hydrogen) atoms.